The van der Waals surface area contributed by atoms with Crippen LogP contribution >= 0.6 is 11.8 Å². The van der Waals surface area contributed by atoms with Gasteiger partial charge in [0, 0.05) is 5.56 Å². The molecule has 2 N–H and O–H groups in total. The number of rotatable bonds is 7. The van der Waals surface area contributed by atoms with Crippen molar-refractivity contribution in [2.45, 2.75) is 13.8 Å². The van der Waals surface area contributed by atoms with E-state index in [1.54, 1.807) is 61.5 Å². The number of hydrogen-bond acceptors (Lipinski definition) is 7. The van der Waals surface area contributed by atoms with Crippen LogP contribution in [0.4, 0.5) is 0 Å². The Morgan fingerprint density at radius 3 is 2.33 bits per heavy atom. The van der Waals surface area contributed by atoms with Crippen molar-refractivity contribution in [2.75, 3.05) is 13.2 Å². The van der Waals surface area contributed by atoms with Gasteiger partial charge < -0.3 is 19.7 Å². The van der Waals surface area contributed by atoms with Crippen LogP contribution in [-0.2, 0) is 14.3 Å². The zero-order chi connectivity index (χ0) is 24.0. The predicted octanol–water partition coefficient (Wildman–Crippen LogP) is 4.16. The summed E-state index contributed by atoms with van der Waals surface area (Å²) >= 11 is 0.977. The van der Waals surface area contributed by atoms with Gasteiger partial charge in [0.15, 0.2) is 6.61 Å². The van der Waals surface area contributed by atoms with E-state index >= 15 is 0 Å². The number of ether oxygens (including phenoxy) is 2. The molecule has 9 heteroatoms. The Balaban J connectivity index is 1.90. The number of carbonyl (C=O) groups excluding carboxylic acids is 2. The summed E-state index contributed by atoms with van der Waals surface area (Å²) in [5.41, 5.74) is 1.82. The molecule has 0 unspecified atom stereocenters. The van der Waals surface area contributed by atoms with Crippen molar-refractivity contribution < 1.29 is 34.1 Å². The molecule has 0 spiro atoms. The summed E-state index contributed by atoms with van der Waals surface area (Å²) in [4.78, 5) is 40.1. The molecule has 0 aromatic heterocycles. The highest BCUT2D eigenvalue weighted by Gasteiger charge is 2.33. The lowest BCUT2D eigenvalue weighted by Gasteiger charge is -2.03. The summed E-state index contributed by atoms with van der Waals surface area (Å²) in [5, 5.41) is 19.4. The molecule has 0 bridgehead atoms. The number of carbonyl (C=O) groups is 3. The molecule has 0 fully saturated rings. The van der Waals surface area contributed by atoms with Crippen molar-refractivity contribution in [1.82, 2.24) is 0 Å². The lowest BCUT2D eigenvalue weighted by atomic mass is 10.1. The predicted molar refractivity (Wildman–Crippen MR) is 124 cm³/mol. The van der Waals surface area contributed by atoms with E-state index in [-0.39, 0.29) is 23.0 Å². The molecule has 0 saturated heterocycles. The average Bonchev–Trinajstić information content (AvgIpc) is 3.08. The van der Waals surface area contributed by atoms with Gasteiger partial charge in [-0.15, -0.1) is 0 Å². The Labute approximate surface area is 194 Å². The van der Waals surface area contributed by atoms with Crippen LogP contribution < -0.4 is 4.74 Å². The zero-order valence-corrected chi connectivity index (χ0v) is 18.7. The van der Waals surface area contributed by atoms with Crippen molar-refractivity contribution in [2.24, 2.45) is 4.99 Å². The third kappa shape index (κ3) is 6.11. The van der Waals surface area contributed by atoms with Crippen LogP contribution in [0.15, 0.2) is 69.8 Å². The summed E-state index contributed by atoms with van der Waals surface area (Å²) < 4.78 is 10.1. The first-order valence-corrected chi connectivity index (χ1v) is 10.7. The Hall–Kier alpha value is -3.85. The van der Waals surface area contributed by atoms with Gasteiger partial charge in [-0.3, -0.25) is 4.79 Å². The highest BCUT2D eigenvalue weighted by Crippen LogP contribution is 2.39. The molecule has 170 valence electrons. The second kappa shape index (κ2) is 10.6. The number of amides is 1. The molecule has 2 aromatic rings. The van der Waals surface area contributed by atoms with Gasteiger partial charge in [-0.1, -0.05) is 41.6 Å². The molecule has 8 nitrogen and oxygen atoms in total. The van der Waals surface area contributed by atoms with Crippen molar-refractivity contribution in [1.29, 1.82) is 0 Å². The summed E-state index contributed by atoms with van der Waals surface area (Å²) in [6.45, 7) is 3.17. The zero-order valence-electron chi connectivity index (χ0n) is 17.9. The number of aliphatic carboxylic acids is 1. The standard InChI is InChI=1S/C24H21NO7S/c1-3-31-24(30)20-21(28)18(12-15-6-10-17(11-7-15)32-13-19(26)27)33-23(20)25-22(29)16-8-4-14(2)5-9-16/h4-12,28H,3,13H2,1-2H3,(H,26,27)/b18-12+,25-23?. The van der Waals surface area contributed by atoms with Crippen LogP contribution in [0.3, 0.4) is 0 Å². The Bertz CT molecular complexity index is 1160. The Morgan fingerprint density at radius 2 is 1.73 bits per heavy atom. The van der Waals surface area contributed by atoms with Crippen molar-refractivity contribution in [3.05, 3.63) is 81.5 Å². The van der Waals surface area contributed by atoms with Gasteiger partial charge in [0.1, 0.15) is 22.1 Å². The summed E-state index contributed by atoms with van der Waals surface area (Å²) in [6.07, 6.45) is 1.61. The van der Waals surface area contributed by atoms with E-state index in [0.29, 0.717) is 21.8 Å². The van der Waals surface area contributed by atoms with Crippen LogP contribution in [0.5, 0.6) is 5.75 Å². The number of hydrogen-bond donors (Lipinski definition) is 2. The highest BCUT2D eigenvalue weighted by molar-refractivity contribution is 8.18. The summed E-state index contributed by atoms with van der Waals surface area (Å²) in [7, 11) is 0. The van der Waals surface area contributed by atoms with Gasteiger partial charge >= 0.3 is 11.9 Å². The van der Waals surface area contributed by atoms with E-state index < -0.39 is 24.5 Å². The van der Waals surface area contributed by atoms with E-state index in [1.807, 2.05) is 6.92 Å². The number of nitrogens with zero attached hydrogens (tertiary/aromatic N) is 1. The van der Waals surface area contributed by atoms with Crippen molar-refractivity contribution in [3.63, 3.8) is 0 Å². The number of benzene rings is 2. The highest BCUT2D eigenvalue weighted by atomic mass is 32.2. The second-order valence-corrected chi connectivity index (χ2v) is 7.92. The molecular weight excluding hydrogens is 446 g/mol. The number of aryl methyl sites for hydroxylation is 1. The average molecular weight is 467 g/mol. The maximum absolute atomic E-state index is 12.6. The topological polar surface area (TPSA) is 122 Å². The number of aliphatic imine (C=N–C) groups is 1. The minimum atomic E-state index is -1.09. The number of carboxylic acid groups (broad SMARTS) is 1. The molecule has 33 heavy (non-hydrogen) atoms. The molecule has 0 aliphatic carbocycles. The van der Waals surface area contributed by atoms with E-state index in [9.17, 15) is 19.5 Å². The van der Waals surface area contributed by atoms with Crippen LogP contribution in [0.2, 0.25) is 0 Å². The van der Waals surface area contributed by atoms with Gasteiger partial charge in [0.05, 0.1) is 11.5 Å². The fraction of sp³-hybridized carbons (Fsp3) is 0.167. The quantitative estimate of drug-likeness (QED) is 0.582. The Kier molecular flexibility index (Phi) is 7.68. The van der Waals surface area contributed by atoms with Crippen molar-refractivity contribution in [3.8, 4) is 5.75 Å². The smallest absolute Gasteiger partial charge is 0.344 e. The van der Waals surface area contributed by atoms with Crippen LogP contribution in [0, 0.1) is 6.92 Å². The number of esters is 1. The normalized spacial score (nSPS) is 15.7. The Morgan fingerprint density at radius 1 is 1.06 bits per heavy atom. The van der Waals surface area contributed by atoms with Crippen LogP contribution in [0.1, 0.15) is 28.4 Å². The molecule has 1 aliphatic rings. The van der Waals surface area contributed by atoms with Gasteiger partial charge in [-0.2, -0.15) is 0 Å². The first kappa shape index (κ1) is 23.8. The van der Waals surface area contributed by atoms with Crippen molar-refractivity contribution >= 4 is 40.7 Å². The largest absolute Gasteiger partial charge is 0.506 e. The lowest BCUT2D eigenvalue weighted by Crippen LogP contribution is -2.14. The van der Waals surface area contributed by atoms with Gasteiger partial charge in [0.25, 0.3) is 5.91 Å². The molecule has 0 radical (unpaired) electrons. The third-order valence-electron chi connectivity index (χ3n) is 4.41. The molecule has 1 heterocycles. The minimum absolute atomic E-state index is 0.0455. The van der Waals surface area contributed by atoms with Crippen LogP contribution in [-0.4, -0.2) is 46.3 Å². The minimum Gasteiger partial charge on any atom is -0.506 e. The van der Waals surface area contributed by atoms with Gasteiger partial charge in [0.2, 0.25) is 0 Å². The maximum Gasteiger partial charge on any atom is 0.344 e. The maximum atomic E-state index is 12.6. The number of carboxylic acids is 1. The van der Waals surface area contributed by atoms with Gasteiger partial charge in [-0.25, -0.2) is 14.6 Å². The van der Waals surface area contributed by atoms with E-state index in [1.165, 1.54) is 0 Å². The third-order valence-corrected chi connectivity index (χ3v) is 5.43. The SMILES string of the molecule is CCOC(=O)C1=C(O)/C(=C\c2ccc(OCC(=O)O)cc2)SC1=NC(=O)c1ccc(C)cc1. The molecule has 0 saturated carbocycles. The first-order chi connectivity index (χ1) is 15.8. The number of thioether (sulfide) groups is 1. The van der Waals surface area contributed by atoms with E-state index in [0.717, 1.165) is 17.3 Å². The second-order valence-electron chi connectivity index (χ2n) is 6.89. The van der Waals surface area contributed by atoms with E-state index in [4.69, 9.17) is 14.6 Å². The lowest BCUT2D eigenvalue weighted by molar-refractivity contribution is -0.139. The molecule has 0 atom stereocenters. The molecule has 1 amide bonds. The van der Waals surface area contributed by atoms with Crippen LogP contribution in [0.25, 0.3) is 6.08 Å². The fourth-order valence-corrected chi connectivity index (χ4v) is 3.81. The van der Waals surface area contributed by atoms with E-state index in [2.05, 4.69) is 4.99 Å². The number of aliphatic hydroxyl groups is 1. The molecule has 3 rings (SSSR count). The van der Waals surface area contributed by atoms with Gasteiger partial charge in [-0.05, 0) is 49.8 Å². The number of aliphatic hydroxyl groups excluding tert-OH is 1. The summed E-state index contributed by atoms with van der Waals surface area (Å²) in [6, 6.07) is 13.3. The first-order valence-electron chi connectivity index (χ1n) is 9.93. The monoisotopic (exact) mass is 467 g/mol. The molecular formula is C24H21NO7S. The molecule has 1 aliphatic heterocycles. The summed E-state index contributed by atoms with van der Waals surface area (Å²) in [5.74, 6) is -2.37. The molecule has 2 aromatic carbocycles. The fourth-order valence-electron chi connectivity index (χ4n) is 2.80.